The minimum atomic E-state index is -0.235. The molecule has 0 aliphatic carbocycles. The van der Waals surface area contributed by atoms with Crippen LogP contribution in [0.15, 0.2) is 35.3 Å². The van der Waals surface area contributed by atoms with Gasteiger partial charge in [0.05, 0.1) is 23.8 Å². The molecular formula is C16H19N3O3. The zero-order valence-electron chi connectivity index (χ0n) is 12.7. The van der Waals surface area contributed by atoms with Gasteiger partial charge in [-0.05, 0) is 19.9 Å². The van der Waals surface area contributed by atoms with E-state index < -0.39 is 0 Å². The molecule has 1 aromatic heterocycles. The highest BCUT2D eigenvalue weighted by atomic mass is 16.5. The number of hydrogen-bond acceptors (Lipinski definition) is 4. The standard InChI is InChI=1S/C16H19N3O3/c1-11-8-18(9-12(2)22-11)15(20)10-19-16(21)14-6-4-3-5-13(14)7-17-19/h3-7,11-12H,8-10H2,1-2H3/t11-,12+. The molecule has 1 saturated heterocycles. The van der Waals surface area contributed by atoms with Crippen LogP contribution in [0.4, 0.5) is 0 Å². The van der Waals surface area contributed by atoms with Crippen molar-refractivity contribution < 1.29 is 9.53 Å². The van der Waals surface area contributed by atoms with Crippen molar-refractivity contribution in [3.63, 3.8) is 0 Å². The van der Waals surface area contributed by atoms with Crippen molar-refractivity contribution in [1.29, 1.82) is 0 Å². The highest BCUT2D eigenvalue weighted by Crippen LogP contribution is 2.11. The Hall–Kier alpha value is -2.21. The third-order valence-corrected chi connectivity index (χ3v) is 3.82. The Kier molecular flexibility index (Phi) is 3.94. The predicted octanol–water partition coefficient (Wildman–Crippen LogP) is 1.03. The predicted molar refractivity (Wildman–Crippen MR) is 82.6 cm³/mol. The highest BCUT2D eigenvalue weighted by molar-refractivity contribution is 5.81. The first-order valence-electron chi connectivity index (χ1n) is 7.42. The molecule has 116 valence electrons. The largest absolute Gasteiger partial charge is 0.372 e. The molecule has 0 bridgehead atoms. The number of hydrogen-bond donors (Lipinski definition) is 0. The summed E-state index contributed by atoms with van der Waals surface area (Å²) >= 11 is 0. The van der Waals surface area contributed by atoms with Gasteiger partial charge in [0, 0.05) is 18.5 Å². The summed E-state index contributed by atoms with van der Waals surface area (Å²) in [5, 5.41) is 5.46. The summed E-state index contributed by atoms with van der Waals surface area (Å²) in [6.45, 7) is 4.94. The maximum Gasteiger partial charge on any atom is 0.275 e. The number of amides is 1. The first-order valence-corrected chi connectivity index (χ1v) is 7.42. The van der Waals surface area contributed by atoms with E-state index in [2.05, 4.69) is 5.10 Å². The zero-order valence-corrected chi connectivity index (χ0v) is 12.7. The topological polar surface area (TPSA) is 64.4 Å². The average Bonchev–Trinajstić information content (AvgIpc) is 2.49. The van der Waals surface area contributed by atoms with E-state index >= 15 is 0 Å². The quantitative estimate of drug-likeness (QED) is 0.831. The van der Waals surface area contributed by atoms with Crippen LogP contribution in [0.5, 0.6) is 0 Å². The summed E-state index contributed by atoms with van der Waals surface area (Å²) in [6, 6.07) is 7.25. The molecule has 6 heteroatoms. The van der Waals surface area contributed by atoms with Crippen LogP contribution < -0.4 is 5.56 Å². The Balaban J connectivity index is 1.82. The molecule has 0 saturated carbocycles. The van der Waals surface area contributed by atoms with Gasteiger partial charge < -0.3 is 9.64 Å². The van der Waals surface area contributed by atoms with Crippen molar-refractivity contribution in [2.75, 3.05) is 13.1 Å². The minimum absolute atomic E-state index is 0.00832. The van der Waals surface area contributed by atoms with Gasteiger partial charge in [-0.25, -0.2) is 4.68 Å². The summed E-state index contributed by atoms with van der Waals surface area (Å²) in [7, 11) is 0. The van der Waals surface area contributed by atoms with Crippen molar-refractivity contribution >= 4 is 16.7 Å². The molecule has 0 N–H and O–H groups in total. The number of carbonyl (C=O) groups is 1. The SMILES string of the molecule is C[C@@H]1CN(C(=O)Cn2ncc3ccccc3c2=O)C[C@H](C)O1. The molecule has 2 aromatic rings. The van der Waals surface area contributed by atoms with Crippen molar-refractivity contribution in [2.24, 2.45) is 0 Å². The Morgan fingerprint density at radius 3 is 2.68 bits per heavy atom. The van der Waals surface area contributed by atoms with Crippen LogP contribution in [0.25, 0.3) is 10.8 Å². The van der Waals surface area contributed by atoms with Crippen LogP contribution in [0.3, 0.4) is 0 Å². The summed E-state index contributed by atoms with van der Waals surface area (Å²) in [6.07, 6.45) is 1.64. The molecule has 2 atom stereocenters. The molecule has 2 heterocycles. The lowest BCUT2D eigenvalue weighted by Crippen LogP contribution is -2.49. The van der Waals surface area contributed by atoms with E-state index in [1.165, 1.54) is 4.68 Å². The van der Waals surface area contributed by atoms with Crippen LogP contribution >= 0.6 is 0 Å². The fourth-order valence-electron chi connectivity index (χ4n) is 2.85. The normalized spacial score (nSPS) is 22.0. The smallest absolute Gasteiger partial charge is 0.275 e. The van der Waals surface area contributed by atoms with E-state index in [1.54, 1.807) is 23.2 Å². The number of morpholine rings is 1. The third kappa shape index (κ3) is 2.87. The lowest BCUT2D eigenvalue weighted by atomic mass is 10.2. The summed E-state index contributed by atoms with van der Waals surface area (Å²) in [5.41, 5.74) is -0.235. The van der Waals surface area contributed by atoms with E-state index in [1.807, 2.05) is 26.0 Å². The van der Waals surface area contributed by atoms with E-state index in [-0.39, 0.29) is 30.2 Å². The number of rotatable bonds is 2. The second-order valence-corrected chi connectivity index (χ2v) is 5.75. The summed E-state index contributed by atoms with van der Waals surface area (Å²) in [4.78, 5) is 26.5. The van der Waals surface area contributed by atoms with Crippen LogP contribution in [-0.2, 0) is 16.1 Å². The van der Waals surface area contributed by atoms with Gasteiger partial charge in [-0.15, -0.1) is 0 Å². The number of nitrogens with zero attached hydrogens (tertiary/aromatic N) is 3. The Labute approximate surface area is 128 Å². The molecule has 0 radical (unpaired) electrons. The van der Waals surface area contributed by atoms with E-state index in [0.29, 0.717) is 18.5 Å². The van der Waals surface area contributed by atoms with Crippen molar-refractivity contribution in [3.8, 4) is 0 Å². The minimum Gasteiger partial charge on any atom is -0.372 e. The van der Waals surface area contributed by atoms with Gasteiger partial charge >= 0.3 is 0 Å². The molecule has 1 aliphatic rings. The second-order valence-electron chi connectivity index (χ2n) is 5.75. The Bertz CT molecular complexity index is 746. The summed E-state index contributed by atoms with van der Waals surface area (Å²) in [5.74, 6) is -0.105. The zero-order chi connectivity index (χ0) is 15.7. The van der Waals surface area contributed by atoms with Gasteiger partial charge in [0.25, 0.3) is 5.56 Å². The van der Waals surface area contributed by atoms with Gasteiger partial charge in [0.1, 0.15) is 6.54 Å². The van der Waals surface area contributed by atoms with Crippen molar-refractivity contribution in [2.45, 2.75) is 32.6 Å². The number of carbonyl (C=O) groups excluding carboxylic acids is 1. The van der Waals surface area contributed by atoms with E-state index in [9.17, 15) is 9.59 Å². The van der Waals surface area contributed by atoms with Crippen LogP contribution in [0, 0.1) is 0 Å². The molecular weight excluding hydrogens is 282 g/mol. The highest BCUT2D eigenvalue weighted by Gasteiger charge is 2.26. The van der Waals surface area contributed by atoms with Gasteiger partial charge in [-0.3, -0.25) is 9.59 Å². The molecule has 1 aliphatic heterocycles. The van der Waals surface area contributed by atoms with Crippen molar-refractivity contribution in [1.82, 2.24) is 14.7 Å². The third-order valence-electron chi connectivity index (χ3n) is 3.82. The van der Waals surface area contributed by atoms with Crippen LogP contribution in [-0.4, -0.2) is 45.9 Å². The van der Waals surface area contributed by atoms with Gasteiger partial charge in [0.2, 0.25) is 5.91 Å². The monoisotopic (exact) mass is 301 g/mol. The number of ether oxygens (including phenoxy) is 1. The number of fused-ring (bicyclic) bond motifs is 1. The fourth-order valence-corrected chi connectivity index (χ4v) is 2.85. The molecule has 0 spiro atoms. The van der Waals surface area contributed by atoms with E-state index in [0.717, 1.165) is 5.39 Å². The fraction of sp³-hybridized carbons (Fsp3) is 0.438. The first kappa shape index (κ1) is 14.7. The first-order chi connectivity index (χ1) is 10.5. The Morgan fingerprint density at radius 2 is 1.95 bits per heavy atom. The number of aromatic nitrogens is 2. The molecule has 22 heavy (non-hydrogen) atoms. The molecule has 0 unspecified atom stereocenters. The van der Waals surface area contributed by atoms with Crippen molar-refractivity contribution in [3.05, 3.63) is 40.8 Å². The van der Waals surface area contributed by atoms with Gasteiger partial charge in [-0.1, -0.05) is 18.2 Å². The van der Waals surface area contributed by atoms with Crippen LogP contribution in [0.2, 0.25) is 0 Å². The van der Waals surface area contributed by atoms with E-state index in [4.69, 9.17) is 4.74 Å². The molecule has 6 nitrogen and oxygen atoms in total. The average molecular weight is 301 g/mol. The molecule has 1 aromatic carbocycles. The maximum atomic E-state index is 12.4. The molecule has 1 amide bonds. The lowest BCUT2D eigenvalue weighted by molar-refractivity contribution is -0.144. The van der Waals surface area contributed by atoms with Crippen LogP contribution in [0.1, 0.15) is 13.8 Å². The molecule has 1 fully saturated rings. The number of benzene rings is 1. The summed E-state index contributed by atoms with van der Waals surface area (Å²) < 4.78 is 6.85. The van der Waals surface area contributed by atoms with Gasteiger partial charge in [-0.2, -0.15) is 5.10 Å². The molecule has 3 rings (SSSR count). The second kappa shape index (κ2) is 5.88. The van der Waals surface area contributed by atoms with Gasteiger partial charge in [0.15, 0.2) is 0 Å². The Morgan fingerprint density at radius 1 is 1.27 bits per heavy atom. The lowest BCUT2D eigenvalue weighted by Gasteiger charge is -2.35. The maximum absolute atomic E-state index is 12.4.